The van der Waals surface area contributed by atoms with Gasteiger partial charge in [-0.05, 0) is 37.5 Å². The summed E-state index contributed by atoms with van der Waals surface area (Å²) >= 11 is 3.42. The molecule has 0 aliphatic heterocycles. The molecule has 2 atom stereocenters. The van der Waals surface area contributed by atoms with Crippen LogP contribution in [0.25, 0.3) is 10.9 Å². The zero-order chi connectivity index (χ0) is 14.8. The van der Waals surface area contributed by atoms with Crippen LogP contribution in [-0.2, 0) is 4.74 Å². The first-order valence-electron chi connectivity index (χ1n) is 6.77. The van der Waals surface area contributed by atoms with Crippen LogP contribution in [0.15, 0.2) is 28.9 Å². The largest absolute Gasteiger partial charge is 0.444 e. The van der Waals surface area contributed by atoms with E-state index in [0.29, 0.717) is 5.95 Å². The molecule has 1 aromatic carbocycles. The van der Waals surface area contributed by atoms with E-state index in [4.69, 9.17) is 10.5 Å². The van der Waals surface area contributed by atoms with E-state index in [1.165, 1.54) is 0 Å². The highest BCUT2D eigenvalue weighted by Gasteiger charge is 2.30. The molecule has 3 N–H and O–H groups in total. The number of rotatable bonds is 3. The quantitative estimate of drug-likeness (QED) is 0.888. The van der Waals surface area contributed by atoms with Crippen molar-refractivity contribution in [2.75, 3.05) is 5.32 Å². The monoisotopic (exact) mass is 350 g/mol. The number of amides is 1. The lowest BCUT2D eigenvalue weighted by Gasteiger charge is -2.20. The molecule has 6 nitrogen and oxygen atoms in total. The van der Waals surface area contributed by atoms with Gasteiger partial charge in [0.1, 0.15) is 6.10 Å². The van der Waals surface area contributed by atoms with Crippen LogP contribution in [0.1, 0.15) is 19.3 Å². The third-order valence-corrected chi connectivity index (χ3v) is 4.07. The summed E-state index contributed by atoms with van der Waals surface area (Å²) in [6.45, 7) is 0. The van der Waals surface area contributed by atoms with E-state index >= 15 is 0 Å². The molecule has 0 unspecified atom stereocenters. The van der Waals surface area contributed by atoms with Crippen molar-refractivity contribution in [3.05, 3.63) is 28.9 Å². The zero-order valence-electron chi connectivity index (χ0n) is 11.3. The molecule has 0 radical (unpaired) electrons. The van der Waals surface area contributed by atoms with Gasteiger partial charge in [-0.15, -0.1) is 0 Å². The van der Waals surface area contributed by atoms with Gasteiger partial charge in [0, 0.05) is 16.1 Å². The second-order valence-electron chi connectivity index (χ2n) is 5.05. The molecule has 3 rings (SSSR count). The number of nitrogens with two attached hydrogens (primary N) is 1. The fraction of sp³-hybridized carbons (Fsp3) is 0.357. The van der Waals surface area contributed by atoms with Gasteiger partial charge >= 0.3 is 6.09 Å². The van der Waals surface area contributed by atoms with E-state index in [0.717, 1.165) is 34.6 Å². The van der Waals surface area contributed by atoms with Crippen LogP contribution in [0.5, 0.6) is 0 Å². The molecule has 2 aromatic rings. The van der Waals surface area contributed by atoms with Gasteiger partial charge in [-0.3, -0.25) is 0 Å². The lowest BCUT2D eigenvalue weighted by atomic mass is 10.2. The lowest BCUT2D eigenvalue weighted by molar-refractivity contribution is 0.104. The average Bonchev–Trinajstić information content (AvgIpc) is 2.85. The number of ether oxygens (including phenoxy) is 1. The van der Waals surface area contributed by atoms with Crippen molar-refractivity contribution in [1.29, 1.82) is 0 Å². The first-order chi connectivity index (χ1) is 10.1. The van der Waals surface area contributed by atoms with Gasteiger partial charge < -0.3 is 15.8 Å². The number of nitrogens with zero attached hydrogens (tertiary/aromatic N) is 2. The summed E-state index contributed by atoms with van der Waals surface area (Å²) in [5.74, 6) is 0.537. The maximum atomic E-state index is 10.9. The Morgan fingerprint density at radius 1 is 1.43 bits per heavy atom. The smallest absolute Gasteiger partial charge is 0.404 e. The maximum absolute atomic E-state index is 10.9. The Kier molecular flexibility index (Phi) is 3.92. The highest BCUT2D eigenvalue weighted by atomic mass is 79.9. The van der Waals surface area contributed by atoms with Crippen LogP contribution >= 0.6 is 15.9 Å². The van der Waals surface area contributed by atoms with Crippen molar-refractivity contribution >= 4 is 38.9 Å². The van der Waals surface area contributed by atoms with E-state index in [2.05, 4.69) is 31.2 Å². The highest BCUT2D eigenvalue weighted by Crippen LogP contribution is 2.25. The Morgan fingerprint density at radius 3 is 3.10 bits per heavy atom. The molecule has 1 heterocycles. The molecule has 0 saturated heterocycles. The summed E-state index contributed by atoms with van der Waals surface area (Å²) in [6, 6.07) is 5.84. The number of benzene rings is 1. The van der Waals surface area contributed by atoms with Crippen molar-refractivity contribution < 1.29 is 9.53 Å². The molecule has 1 fully saturated rings. The maximum Gasteiger partial charge on any atom is 0.404 e. The summed E-state index contributed by atoms with van der Waals surface area (Å²) in [5, 5.41) is 4.20. The van der Waals surface area contributed by atoms with Gasteiger partial charge in [0.2, 0.25) is 5.95 Å². The van der Waals surface area contributed by atoms with E-state index in [1.807, 2.05) is 18.2 Å². The minimum Gasteiger partial charge on any atom is -0.444 e. The second-order valence-corrected chi connectivity index (χ2v) is 5.97. The Bertz CT molecular complexity index is 679. The normalized spacial score (nSPS) is 21.4. The molecular weight excluding hydrogens is 336 g/mol. The number of anilines is 1. The van der Waals surface area contributed by atoms with Crippen LogP contribution < -0.4 is 11.1 Å². The van der Waals surface area contributed by atoms with Gasteiger partial charge in [-0.1, -0.05) is 15.9 Å². The number of hydrogen-bond acceptors (Lipinski definition) is 5. The van der Waals surface area contributed by atoms with Crippen molar-refractivity contribution in [2.45, 2.75) is 31.4 Å². The van der Waals surface area contributed by atoms with Gasteiger partial charge in [0.05, 0.1) is 11.6 Å². The van der Waals surface area contributed by atoms with E-state index < -0.39 is 6.09 Å². The zero-order valence-corrected chi connectivity index (χ0v) is 12.8. The molecular formula is C14H15BrN4O2. The van der Waals surface area contributed by atoms with Crippen molar-refractivity contribution in [1.82, 2.24) is 9.97 Å². The molecule has 1 saturated carbocycles. The Hall–Kier alpha value is -1.89. The summed E-state index contributed by atoms with van der Waals surface area (Å²) in [6.07, 6.45) is 3.51. The predicted octanol–water partition coefficient (Wildman–Crippen LogP) is 2.82. The van der Waals surface area contributed by atoms with Crippen molar-refractivity contribution in [3.63, 3.8) is 0 Å². The van der Waals surface area contributed by atoms with Crippen LogP contribution in [0, 0.1) is 0 Å². The highest BCUT2D eigenvalue weighted by molar-refractivity contribution is 9.10. The van der Waals surface area contributed by atoms with E-state index in [-0.39, 0.29) is 12.1 Å². The van der Waals surface area contributed by atoms with Crippen LogP contribution in [0.3, 0.4) is 0 Å². The molecule has 1 aromatic heterocycles. The minimum absolute atomic E-state index is 0.00500. The molecule has 1 aliphatic rings. The summed E-state index contributed by atoms with van der Waals surface area (Å²) in [7, 11) is 0. The van der Waals surface area contributed by atoms with E-state index in [9.17, 15) is 4.79 Å². The van der Waals surface area contributed by atoms with Gasteiger partial charge in [0.15, 0.2) is 0 Å². The third-order valence-electron chi connectivity index (χ3n) is 3.58. The second kappa shape index (κ2) is 5.85. The summed E-state index contributed by atoms with van der Waals surface area (Å²) in [4.78, 5) is 19.7. The molecule has 110 valence electrons. The molecule has 21 heavy (non-hydrogen) atoms. The number of hydrogen-bond donors (Lipinski definition) is 2. The Labute approximate surface area is 130 Å². The molecule has 7 heteroatoms. The number of aromatic nitrogens is 2. The standard InChI is InChI=1S/C14H15BrN4O2/c15-9-4-5-10-8(6-9)7-17-14(18-10)19-11-2-1-3-12(11)21-13(16)20/h4-7,11-12H,1-3H2,(H2,16,20)(H,17,18,19)/t11-,12+/m1/s1. The van der Waals surface area contributed by atoms with Gasteiger partial charge in [-0.25, -0.2) is 14.8 Å². The summed E-state index contributed by atoms with van der Waals surface area (Å²) in [5.41, 5.74) is 5.95. The first-order valence-corrected chi connectivity index (χ1v) is 7.56. The van der Waals surface area contributed by atoms with Crippen molar-refractivity contribution in [2.24, 2.45) is 5.73 Å². The van der Waals surface area contributed by atoms with Crippen LogP contribution in [0.4, 0.5) is 10.7 Å². The minimum atomic E-state index is -0.738. The molecule has 0 bridgehead atoms. The number of primary amides is 1. The Morgan fingerprint density at radius 2 is 2.29 bits per heavy atom. The molecule has 0 spiro atoms. The number of fused-ring (bicyclic) bond motifs is 1. The Balaban J connectivity index is 1.78. The topological polar surface area (TPSA) is 90.1 Å². The number of nitrogens with one attached hydrogen (secondary N) is 1. The third kappa shape index (κ3) is 3.24. The number of carbonyl (C=O) groups excluding carboxylic acids is 1. The predicted molar refractivity (Wildman–Crippen MR) is 83.0 cm³/mol. The first kappa shape index (κ1) is 14.1. The van der Waals surface area contributed by atoms with E-state index in [1.54, 1.807) is 6.20 Å². The SMILES string of the molecule is NC(=O)O[C@H]1CCC[C@H]1Nc1ncc2cc(Br)ccc2n1. The van der Waals surface area contributed by atoms with Crippen molar-refractivity contribution in [3.8, 4) is 0 Å². The summed E-state index contributed by atoms with van der Waals surface area (Å²) < 4.78 is 6.10. The average molecular weight is 351 g/mol. The number of carbonyl (C=O) groups is 1. The lowest BCUT2D eigenvalue weighted by Crippen LogP contribution is -2.34. The fourth-order valence-electron chi connectivity index (χ4n) is 2.62. The van der Waals surface area contributed by atoms with Gasteiger partial charge in [0.25, 0.3) is 0 Å². The molecule has 1 amide bonds. The fourth-order valence-corrected chi connectivity index (χ4v) is 3.00. The van der Waals surface area contributed by atoms with Crippen LogP contribution in [-0.4, -0.2) is 28.2 Å². The van der Waals surface area contributed by atoms with Gasteiger partial charge in [-0.2, -0.15) is 0 Å². The molecule has 1 aliphatic carbocycles. The van der Waals surface area contributed by atoms with Crippen LogP contribution in [0.2, 0.25) is 0 Å². The number of halogens is 1.